The van der Waals surface area contributed by atoms with E-state index in [4.69, 9.17) is 16.3 Å². The predicted molar refractivity (Wildman–Crippen MR) is 102 cm³/mol. The first kappa shape index (κ1) is 19.8. The van der Waals surface area contributed by atoms with Gasteiger partial charge in [0.15, 0.2) is 6.61 Å². The van der Waals surface area contributed by atoms with Gasteiger partial charge in [-0.3, -0.25) is 20.4 Å². The van der Waals surface area contributed by atoms with Crippen LogP contribution in [0.2, 0.25) is 5.02 Å². The minimum Gasteiger partial charge on any atom is -0.483 e. The number of para-hydroxylation sites is 1. The summed E-state index contributed by atoms with van der Waals surface area (Å²) in [6.07, 6.45) is 0.723. The summed E-state index contributed by atoms with van der Waals surface area (Å²) >= 11 is 6.05. The number of hydrogen-bond acceptors (Lipinski definition) is 3. The predicted octanol–water partition coefficient (Wildman–Crippen LogP) is 3.62. The zero-order chi connectivity index (χ0) is 18.9. The summed E-state index contributed by atoms with van der Waals surface area (Å²) < 4.78 is 5.56. The molecule has 5 nitrogen and oxygen atoms in total. The largest absolute Gasteiger partial charge is 0.483 e. The molecule has 0 saturated carbocycles. The van der Waals surface area contributed by atoms with Gasteiger partial charge in [0.2, 0.25) is 5.91 Å². The van der Waals surface area contributed by atoms with Gasteiger partial charge in [-0.25, -0.2) is 0 Å². The maximum absolute atomic E-state index is 11.9. The topological polar surface area (TPSA) is 67.4 Å². The molecule has 0 aromatic heterocycles. The third-order valence-electron chi connectivity index (χ3n) is 3.82. The van der Waals surface area contributed by atoms with E-state index in [-0.39, 0.29) is 18.9 Å². The third kappa shape index (κ3) is 6.08. The van der Waals surface area contributed by atoms with E-state index >= 15 is 0 Å². The highest BCUT2D eigenvalue weighted by Crippen LogP contribution is 2.25. The molecule has 0 aliphatic rings. The molecule has 0 spiro atoms. The first-order valence-electron chi connectivity index (χ1n) is 8.50. The standard InChI is InChI=1S/C20H23ClN2O3/c1-14(2)16-8-4-6-10-18(16)26-13-20(25)23-22-19(24)12-11-15-7-3-5-9-17(15)21/h3-10,14H,11-13H2,1-2H3,(H,22,24)(H,23,25). The second-order valence-electron chi connectivity index (χ2n) is 6.17. The number of ether oxygens (including phenoxy) is 1. The zero-order valence-electron chi connectivity index (χ0n) is 14.9. The van der Waals surface area contributed by atoms with E-state index in [9.17, 15) is 9.59 Å². The Morgan fingerprint density at radius 3 is 2.38 bits per heavy atom. The van der Waals surface area contributed by atoms with E-state index in [1.807, 2.05) is 42.5 Å². The van der Waals surface area contributed by atoms with E-state index in [2.05, 4.69) is 24.7 Å². The van der Waals surface area contributed by atoms with Crippen molar-refractivity contribution in [3.05, 3.63) is 64.7 Å². The number of hydrazine groups is 1. The van der Waals surface area contributed by atoms with Crippen LogP contribution in [-0.4, -0.2) is 18.4 Å². The Balaban J connectivity index is 1.73. The van der Waals surface area contributed by atoms with Gasteiger partial charge in [-0.1, -0.05) is 61.8 Å². The van der Waals surface area contributed by atoms with Crippen LogP contribution < -0.4 is 15.6 Å². The van der Waals surface area contributed by atoms with Crippen molar-refractivity contribution in [1.82, 2.24) is 10.9 Å². The lowest BCUT2D eigenvalue weighted by atomic mass is 10.0. The number of hydrogen-bond donors (Lipinski definition) is 2. The van der Waals surface area contributed by atoms with Crippen molar-refractivity contribution in [2.75, 3.05) is 6.61 Å². The first-order chi connectivity index (χ1) is 12.5. The highest BCUT2D eigenvalue weighted by atomic mass is 35.5. The van der Waals surface area contributed by atoms with Gasteiger partial charge in [0.25, 0.3) is 5.91 Å². The van der Waals surface area contributed by atoms with Crippen molar-refractivity contribution in [3.63, 3.8) is 0 Å². The average molecular weight is 375 g/mol. The van der Waals surface area contributed by atoms with Crippen molar-refractivity contribution in [2.45, 2.75) is 32.6 Å². The highest BCUT2D eigenvalue weighted by molar-refractivity contribution is 6.31. The molecule has 0 atom stereocenters. The number of rotatable bonds is 7. The molecule has 0 fully saturated rings. The molecule has 0 heterocycles. The van der Waals surface area contributed by atoms with Gasteiger partial charge in [-0.2, -0.15) is 0 Å². The number of carbonyl (C=O) groups excluding carboxylic acids is 2. The second kappa shape index (κ2) is 9.82. The second-order valence-corrected chi connectivity index (χ2v) is 6.58. The molecule has 2 rings (SSSR count). The van der Waals surface area contributed by atoms with Gasteiger partial charge in [-0.15, -0.1) is 0 Å². The number of nitrogens with one attached hydrogen (secondary N) is 2. The minimum atomic E-state index is -0.422. The summed E-state index contributed by atoms with van der Waals surface area (Å²) in [6.45, 7) is 3.94. The lowest BCUT2D eigenvalue weighted by Crippen LogP contribution is -2.43. The fourth-order valence-electron chi connectivity index (χ4n) is 2.42. The Hall–Kier alpha value is -2.53. The van der Waals surface area contributed by atoms with E-state index < -0.39 is 5.91 Å². The smallest absolute Gasteiger partial charge is 0.276 e. The normalized spacial score (nSPS) is 10.5. The van der Waals surface area contributed by atoms with Gasteiger partial charge >= 0.3 is 0 Å². The molecule has 2 amide bonds. The quantitative estimate of drug-likeness (QED) is 0.727. The molecular weight excluding hydrogens is 352 g/mol. The molecule has 0 aliphatic heterocycles. The molecule has 2 aromatic carbocycles. The number of carbonyl (C=O) groups is 2. The third-order valence-corrected chi connectivity index (χ3v) is 4.19. The molecular formula is C20H23ClN2O3. The van der Waals surface area contributed by atoms with Crippen LogP contribution in [0.3, 0.4) is 0 Å². The van der Waals surface area contributed by atoms with Crippen molar-refractivity contribution < 1.29 is 14.3 Å². The summed E-state index contributed by atoms with van der Waals surface area (Å²) in [5.41, 5.74) is 6.66. The number of halogens is 1. The van der Waals surface area contributed by atoms with Crippen LogP contribution in [0.4, 0.5) is 0 Å². The molecule has 0 radical (unpaired) electrons. The molecule has 6 heteroatoms. The minimum absolute atomic E-state index is 0.172. The molecule has 0 aliphatic carbocycles. The van der Waals surface area contributed by atoms with Crippen LogP contribution in [-0.2, 0) is 16.0 Å². The van der Waals surface area contributed by atoms with Crippen LogP contribution in [0.1, 0.15) is 37.3 Å². The van der Waals surface area contributed by atoms with Gasteiger partial charge in [-0.05, 0) is 35.6 Å². The van der Waals surface area contributed by atoms with Gasteiger partial charge in [0.05, 0.1) is 0 Å². The van der Waals surface area contributed by atoms with E-state index in [0.29, 0.717) is 23.1 Å². The Morgan fingerprint density at radius 1 is 1.00 bits per heavy atom. The first-order valence-corrected chi connectivity index (χ1v) is 8.88. The maximum Gasteiger partial charge on any atom is 0.276 e. The monoisotopic (exact) mass is 374 g/mol. The molecule has 26 heavy (non-hydrogen) atoms. The Morgan fingerprint density at radius 2 is 1.65 bits per heavy atom. The van der Waals surface area contributed by atoms with Crippen molar-refractivity contribution in [3.8, 4) is 5.75 Å². The van der Waals surface area contributed by atoms with Gasteiger partial charge < -0.3 is 4.74 Å². The van der Waals surface area contributed by atoms with Crippen molar-refractivity contribution in [1.29, 1.82) is 0 Å². The van der Waals surface area contributed by atoms with E-state index in [0.717, 1.165) is 11.1 Å². The van der Waals surface area contributed by atoms with Crippen LogP contribution in [0.15, 0.2) is 48.5 Å². The Bertz CT molecular complexity index is 762. The fourth-order valence-corrected chi connectivity index (χ4v) is 2.65. The van der Waals surface area contributed by atoms with Gasteiger partial charge in [0.1, 0.15) is 5.75 Å². The van der Waals surface area contributed by atoms with Crippen LogP contribution in [0.25, 0.3) is 0 Å². The van der Waals surface area contributed by atoms with E-state index in [1.54, 1.807) is 6.07 Å². The number of amides is 2. The maximum atomic E-state index is 11.9. The number of benzene rings is 2. The fraction of sp³-hybridized carbons (Fsp3) is 0.300. The van der Waals surface area contributed by atoms with Crippen molar-refractivity contribution >= 4 is 23.4 Å². The summed E-state index contributed by atoms with van der Waals surface area (Å²) in [5.74, 6) is 0.247. The Labute approximate surface area is 158 Å². The molecule has 0 unspecified atom stereocenters. The van der Waals surface area contributed by atoms with Crippen LogP contribution in [0, 0.1) is 0 Å². The van der Waals surface area contributed by atoms with E-state index in [1.165, 1.54) is 0 Å². The lowest BCUT2D eigenvalue weighted by Gasteiger charge is -2.14. The van der Waals surface area contributed by atoms with Gasteiger partial charge in [0, 0.05) is 11.4 Å². The number of aryl methyl sites for hydroxylation is 1. The van der Waals surface area contributed by atoms with Crippen LogP contribution >= 0.6 is 11.6 Å². The zero-order valence-corrected chi connectivity index (χ0v) is 15.7. The highest BCUT2D eigenvalue weighted by Gasteiger charge is 2.10. The SMILES string of the molecule is CC(C)c1ccccc1OCC(=O)NNC(=O)CCc1ccccc1Cl. The summed E-state index contributed by atoms with van der Waals surface area (Å²) in [6, 6.07) is 14.9. The van der Waals surface area contributed by atoms with Crippen LogP contribution in [0.5, 0.6) is 5.75 Å². The Kier molecular flexibility index (Phi) is 7.48. The summed E-state index contributed by atoms with van der Waals surface area (Å²) in [7, 11) is 0. The molecule has 2 aromatic rings. The average Bonchev–Trinajstić information content (AvgIpc) is 2.64. The summed E-state index contributed by atoms with van der Waals surface area (Å²) in [4.78, 5) is 23.7. The van der Waals surface area contributed by atoms with Crippen molar-refractivity contribution in [2.24, 2.45) is 0 Å². The molecule has 0 bridgehead atoms. The molecule has 2 N–H and O–H groups in total. The lowest BCUT2D eigenvalue weighted by molar-refractivity contribution is -0.130. The molecule has 138 valence electrons. The summed E-state index contributed by atoms with van der Waals surface area (Å²) in [5, 5.41) is 0.626. The molecule has 0 saturated heterocycles.